The van der Waals surface area contributed by atoms with Crippen LogP contribution in [-0.4, -0.2) is 11.1 Å². The van der Waals surface area contributed by atoms with Crippen LogP contribution in [-0.2, 0) is 6.42 Å². The van der Waals surface area contributed by atoms with Gasteiger partial charge in [0.05, 0.1) is 5.56 Å². The lowest BCUT2D eigenvalue weighted by molar-refractivity contribution is 0.0695. The van der Waals surface area contributed by atoms with E-state index in [1.54, 1.807) is 0 Å². The van der Waals surface area contributed by atoms with E-state index in [0.29, 0.717) is 5.56 Å². The number of carbonyl (C=O) groups is 1. The monoisotopic (exact) mass is 266 g/mol. The minimum absolute atomic E-state index is 0.408. The molecule has 2 nitrogen and oxygen atoms in total. The van der Waals surface area contributed by atoms with Crippen LogP contribution in [0, 0.1) is 13.8 Å². The Morgan fingerprint density at radius 3 is 2.25 bits per heavy atom. The van der Waals surface area contributed by atoms with Gasteiger partial charge in [-0.3, -0.25) is 0 Å². The van der Waals surface area contributed by atoms with Gasteiger partial charge in [-0.05, 0) is 42.5 Å². The lowest BCUT2D eigenvalue weighted by Crippen LogP contribution is -2.03. The molecule has 0 bridgehead atoms. The molecule has 0 unspecified atom stereocenters. The fourth-order valence-electron chi connectivity index (χ4n) is 2.38. The van der Waals surface area contributed by atoms with Crippen molar-refractivity contribution in [3.05, 3.63) is 76.4 Å². The summed E-state index contributed by atoms with van der Waals surface area (Å²) in [4.78, 5) is 11.1. The van der Waals surface area contributed by atoms with Crippen molar-refractivity contribution >= 4 is 12.0 Å². The van der Waals surface area contributed by atoms with Crippen molar-refractivity contribution in [2.45, 2.75) is 20.3 Å². The van der Waals surface area contributed by atoms with Gasteiger partial charge in [0.15, 0.2) is 0 Å². The molecule has 102 valence electrons. The summed E-state index contributed by atoms with van der Waals surface area (Å²) in [6.07, 6.45) is 5.02. The molecule has 0 atom stereocenters. The predicted molar refractivity (Wildman–Crippen MR) is 82.1 cm³/mol. The fraction of sp³-hybridized carbons (Fsp3) is 0.167. The van der Waals surface area contributed by atoms with Gasteiger partial charge in [0.1, 0.15) is 0 Å². The summed E-state index contributed by atoms with van der Waals surface area (Å²) in [5.41, 5.74) is 4.32. The Labute approximate surface area is 119 Å². The smallest absolute Gasteiger partial charge is 0.336 e. The Kier molecular flexibility index (Phi) is 4.36. The summed E-state index contributed by atoms with van der Waals surface area (Å²) in [6, 6.07) is 14.1. The van der Waals surface area contributed by atoms with Crippen molar-refractivity contribution in [2.24, 2.45) is 0 Å². The van der Waals surface area contributed by atoms with E-state index < -0.39 is 5.97 Å². The van der Waals surface area contributed by atoms with Gasteiger partial charge >= 0.3 is 5.97 Å². The van der Waals surface area contributed by atoms with Crippen molar-refractivity contribution in [1.82, 2.24) is 0 Å². The van der Waals surface area contributed by atoms with Crippen LogP contribution < -0.4 is 0 Å². The zero-order valence-electron chi connectivity index (χ0n) is 11.8. The Morgan fingerprint density at radius 2 is 1.70 bits per heavy atom. The lowest BCUT2D eigenvalue weighted by atomic mass is 9.99. The molecule has 0 aliphatic carbocycles. The minimum atomic E-state index is -0.861. The molecule has 0 heterocycles. The number of hydrogen-bond donors (Lipinski definition) is 1. The summed E-state index contributed by atoms with van der Waals surface area (Å²) in [7, 11) is 0. The van der Waals surface area contributed by atoms with E-state index in [1.165, 1.54) is 5.56 Å². The molecule has 0 amide bonds. The molecular formula is C18H18O2. The van der Waals surface area contributed by atoms with Crippen molar-refractivity contribution in [3.8, 4) is 0 Å². The number of hydrogen-bond acceptors (Lipinski definition) is 1. The highest BCUT2D eigenvalue weighted by atomic mass is 16.4. The highest BCUT2D eigenvalue weighted by molar-refractivity contribution is 5.91. The second-order valence-electron chi connectivity index (χ2n) is 4.93. The molecule has 2 aromatic rings. The summed E-state index contributed by atoms with van der Waals surface area (Å²) in [5.74, 6) is -0.861. The van der Waals surface area contributed by atoms with E-state index in [-0.39, 0.29) is 0 Å². The molecule has 0 saturated heterocycles. The van der Waals surface area contributed by atoms with E-state index >= 15 is 0 Å². The number of benzene rings is 2. The van der Waals surface area contributed by atoms with E-state index in [9.17, 15) is 4.79 Å². The normalized spacial score (nSPS) is 10.9. The van der Waals surface area contributed by atoms with Crippen LogP contribution >= 0.6 is 0 Å². The number of rotatable bonds is 4. The van der Waals surface area contributed by atoms with Crippen molar-refractivity contribution in [3.63, 3.8) is 0 Å². The number of aromatic carboxylic acids is 1. The maximum absolute atomic E-state index is 11.1. The average molecular weight is 266 g/mol. The maximum atomic E-state index is 11.1. The zero-order valence-corrected chi connectivity index (χ0v) is 11.8. The van der Waals surface area contributed by atoms with Crippen LogP contribution in [0.2, 0.25) is 0 Å². The van der Waals surface area contributed by atoms with Crippen molar-refractivity contribution in [2.75, 3.05) is 0 Å². The molecule has 0 aromatic heterocycles. The summed E-state index contributed by atoms with van der Waals surface area (Å²) >= 11 is 0. The molecule has 2 aromatic carbocycles. The first-order valence-corrected chi connectivity index (χ1v) is 6.63. The number of aryl methyl sites for hydroxylation is 2. The van der Waals surface area contributed by atoms with Crippen LogP contribution in [0.3, 0.4) is 0 Å². The minimum Gasteiger partial charge on any atom is -0.478 e. The molecule has 2 heteroatoms. The third kappa shape index (κ3) is 3.35. The average Bonchev–Trinajstić information content (AvgIpc) is 2.38. The summed E-state index contributed by atoms with van der Waals surface area (Å²) in [5, 5.41) is 9.14. The first-order chi connectivity index (χ1) is 9.58. The quantitative estimate of drug-likeness (QED) is 0.897. The lowest BCUT2D eigenvalue weighted by Gasteiger charge is -2.06. The van der Waals surface area contributed by atoms with Gasteiger partial charge in [0.25, 0.3) is 0 Å². The van der Waals surface area contributed by atoms with Crippen LogP contribution in [0.25, 0.3) is 6.08 Å². The Morgan fingerprint density at radius 1 is 1.10 bits per heavy atom. The van der Waals surface area contributed by atoms with Gasteiger partial charge in [0, 0.05) is 0 Å². The second kappa shape index (κ2) is 6.20. The van der Waals surface area contributed by atoms with Gasteiger partial charge in [-0.1, -0.05) is 54.6 Å². The number of allylic oxidation sites excluding steroid dienone is 1. The van der Waals surface area contributed by atoms with Gasteiger partial charge in [-0.25, -0.2) is 4.79 Å². The molecule has 1 N–H and O–H groups in total. The second-order valence-corrected chi connectivity index (χ2v) is 4.93. The highest BCUT2D eigenvalue weighted by Gasteiger charge is 2.10. The standard InChI is InChI=1S/C18H18O2/c1-13-11-16(12-14(2)17(13)18(19)20)10-6-9-15-7-4-3-5-8-15/h3-8,10-12H,9H2,1-2H3,(H,19,20)/b10-6+. The van der Waals surface area contributed by atoms with Crippen LogP contribution in [0.1, 0.15) is 32.6 Å². The molecule has 2 rings (SSSR count). The molecule has 0 radical (unpaired) electrons. The number of carboxylic acid groups (broad SMARTS) is 1. The van der Waals surface area contributed by atoms with E-state index in [2.05, 4.69) is 18.2 Å². The van der Waals surface area contributed by atoms with Gasteiger partial charge in [-0.2, -0.15) is 0 Å². The fourth-order valence-corrected chi connectivity index (χ4v) is 2.38. The van der Waals surface area contributed by atoms with Crippen LogP contribution in [0.5, 0.6) is 0 Å². The highest BCUT2D eigenvalue weighted by Crippen LogP contribution is 2.18. The first-order valence-electron chi connectivity index (χ1n) is 6.63. The molecule has 20 heavy (non-hydrogen) atoms. The van der Waals surface area contributed by atoms with Gasteiger partial charge in [0.2, 0.25) is 0 Å². The van der Waals surface area contributed by atoms with Crippen molar-refractivity contribution < 1.29 is 9.90 Å². The predicted octanol–water partition coefficient (Wildman–Crippen LogP) is 4.26. The third-order valence-electron chi connectivity index (χ3n) is 3.28. The Bertz CT molecular complexity index is 617. The summed E-state index contributed by atoms with van der Waals surface area (Å²) in [6.45, 7) is 3.68. The Hall–Kier alpha value is -2.35. The van der Waals surface area contributed by atoms with Gasteiger partial charge < -0.3 is 5.11 Å². The SMILES string of the molecule is Cc1cc(/C=C/Cc2ccccc2)cc(C)c1C(=O)O. The van der Waals surface area contributed by atoms with Crippen molar-refractivity contribution in [1.29, 1.82) is 0 Å². The van der Waals surface area contributed by atoms with E-state index in [4.69, 9.17) is 5.11 Å². The number of carboxylic acids is 1. The van der Waals surface area contributed by atoms with Gasteiger partial charge in [-0.15, -0.1) is 0 Å². The maximum Gasteiger partial charge on any atom is 0.336 e. The molecule has 0 fully saturated rings. The molecule has 0 aliphatic heterocycles. The van der Waals surface area contributed by atoms with Crippen LogP contribution in [0.15, 0.2) is 48.5 Å². The van der Waals surface area contributed by atoms with Crippen LogP contribution in [0.4, 0.5) is 0 Å². The topological polar surface area (TPSA) is 37.3 Å². The third-order valence-corrected chi connectivity index (χ3v) is 3.28. The van der Waals surface area contributed by atoms with E-state index in [1.807, 2.05) is 50.3 Å². The van der Waals surface area contributed by atoms with E-state index in [0.717, 1.165) is 23.1 Å². The zero-order chi connectivity index (χ0) is 14.5. The molecule has 0 aliphatic rings. The largest absolute Gasteiger partial charge is 0.478 e. The summed E-state index contributed by atoms with van der Waals surface area (Å²) < 4.78 is 0. The Balaban J connectivity index is 2.16. The molecular weight excluding hydrogens is 248 g/mol. The molecule has 0 spiro atoms. The molecule has 0 saturated carbocycles. The first kappa shape index (κ1) is 14.1.